The molecule has 0 saturated carbocycles. The van der Waals surface area contributed by atoms with E-state index in [0.29, 0.717) is 23.4 Å². The second-order valence-corrected chi connectivity index (χ2v) is 6.17. The van der Waals surface area contributed by atoms with Gasteiger partial charge in [0.25, 0.3) is 5.91 Å². The highest BCUT2D eigenvalue weighted by molar-refractivity contribution is 6.04. The quantitative estimate of drug-likeness (QED) is 0.489. The van der Waals surface area contributed by atoms with Gasteiger partial charge in [0.1, 0.15) is 0 Å². The van der Waals surface area contributed by atoms with Gasteiger partial charge in [0, 0.05) is 23.6 Å². The minimum atomic E-state index is -0.328. The van der Waals surface area contributed by atoms with Crippen molar-refractivity contribution < 1.29 is 14.3 Å². The Kier molecular flexibility index (Phi) is 8.33. The van der Waals surface area contributed by atoms with Gasteiger partial charge in [-0.15, -0.1) is 0 Å². The van der Waals surface area contributed by atoms with E-state index in [-0.39, 0.29) is 11.9 Å². The summed E-state index contributed by atoms with van der Waals surface area (Å²) in [5.74, 6) is -0.545. The van der Waals surface area contributed by atoms with Crippen molar-refractivity contribution >= 4 is 17.6 Å². The summed E-state index contributed by atoms with van der Waals surface area (Å²) in [5.41, 5.74) is 1.64. The number of hydrogen-bond acceptors (Lipinski definition) is 4. The number of carbonyl (C=O) groups is 2. The Balaban J connectivity index is 1.74. The standard InChI is InChI=1S/C21H26N2O3/c1-2-3-4-5-6-7-16-26-21(25)18-8-10-19(11-9-18)23-20(24)17-12-14-22-15-13-17/h8-15H,2-7,16H2,1H3,(H,23,24). The Morgan fingerprint density at radius 3 is 2.23 bits per heavy atom. The number of ether oxygens (including phenoxy) is 1. The molecule has 1 N–H and O–H groups in total. The number of carbonyl (C=O) groups excluding carboxylic acids is 2. The summed E-state index contributed by atoms with van der Waals surface area (Å²) < 4.78 is 5.29. The van der Waals surface area contributed by atoms with E-state index < -0.39 is 0 Å². The van der Waals surface area contributed by atoms with Crippen LogP contribution in [0.3, 0.4) is 0 Å². The lowest BCUT2D eigenvalue weighted by Gasteiger charge is -2.07. The third-order valence-electron chi connectivity index (χ3n) is 4.05. The molecule has 0 aliphatic heterocycles. The van der Waals surface area contributed by atoms with Crippen LogP contribution in [0.1, 0.15) is 66.2 Å². The average Bonchev–Trinajstić information content (AvgIpc) is 2.68. The Morgan fingerprint density at radius 2 is 1.54 bits per heavy atom. The van der Waals surface area contributed by atoms with E-state index in [0.717, 1.165) is 12.8 Å². The lowest BCUT2D eigenvalue weighted by atomic mass is 10.1. The van der Waals surface area contributed by atoms with Gasteiger partial charge >= 0.3 is 5.97 Å². The zero-order valence-corrected chi connectivity index (χ0v) is 15.2. The zero-order valence-electron chi connectivity index (χ0n) is 15.2. The van der Waals surface area contributed by atoms with Gasteiger partial charge in [-0.1, -0.05) is 39.0 Å². The van der Waals surface area contributed by atoms with Crippen LogP contribution in [0.4, 0.5) is 5.69 Å². The first kappa shape index (κ1) is 19.6. The SMILES string of the molecule is CCCCCCCCOC(=O)c1ccc(NC(=O)c2ccncc2)cc1. The molecule has 1 aromatic heterocycles. The molecule has 0 aliphatic carbocycles. The third kappa shape index (κ3) is 6.67. The lowest BCUT2D eigenvalue weighted by Crippen LogP contribution is -2.12. The van der Waals surface area contributed by atoms with Gasteiger partial charge in [-0.3, -0.25) is 9.78 Å². The lowest BCUT2D eigenvalue weighted by molar-refractivity contribution is 0.0497. The van der Waals surface area contributed by atoms with Crippen molar-refractivity contribution in [3.63, 3.8) is 0 Å². The highest BCUT2D eigenvalue weighted by atomic mass is 16.5. The summed E-state index contributed by atoms with van der Waals surface area (Å²) in [4.78, 5) is 28.0. The highest BCUT2D eigenvalue weighted by Crippen LogP contribution is 2.13. The number of benzene rings is 1. The molecule has 1 aromatic carbocycles. The maximum absolute atomic E-state index is 12.1. The van der Waals surface area contributed by atoms with E-state index in [1.54, 1.807) is 48.8 Å². The van der Waals surface area contributed by atoms with Gasteiger partial charge in [0.15, 0.2) is 0 Å². The summed E-state index contributed by atoms with van der Waals surface area (Å²) in [7, 11) is 0. The molecular weight excluding hydrogens is 328 g/mol. The summed E-state index contributed by atoms with van der Waals surface area (Å²) >= 11 is 0. The van der Waals surface area contributed by atoms with Crippen molar-refractivity contribution in [2.45, 2.75) is 45.4 Å². The summed E-state index contributed by atoms with van der Waals surface area (Å²) in [6.07, 6.45) is 10.1. The first-order valence-corrected chi connectivity index (χ1v) is 9.19. The largest absolute Gasteiger partial charge is 0.462 e. The van der Waals surface area contributed by atoms with Crippen molar-refractivity contribution in [3.05, 3.63) is 59.9 Å². The molecule has 1 heterocycles. The Morgan fingerprint density at radius 1 is 0.885 bits per heavy atom. The maximum atomic E-state index is 12.1. The van der Waals surface area contributed by atoms with E-state index in [1.807, 2.05) is 0 Å². The number of hydrogen-bond donors (Lipinski definition) is 1. The molecule has 0 fully saturated rings. The summed E-state index contributed by atoms with van der Waals surface area (Å²) in [6.45, 7) is 2.64. The van der Waals surface area contributed by atoms with Crippen LogP contribution in [0.15, 0.2) is 48.8 Å². The van der Waals surface area contributed by atoms with E-state index in [9.17, 15) is 9.59 Å². The molecule has 2 aromatic rings. The second kappa shape index (κ2) is 11.0. The van der Waals surface area contributed by atoms with Crippen LogP contribution in [0.2, 0.25) is 0 Å². The van der Waals surface area contributed by atoms with Crippen LogP contribution < -0.4 is 5.32 Å². The van der Waals surface area contributed by atoms with Crippen LogP contribution in [0, 0.1) is 0 Å². The molecule has 0 spiro atoms. The Hall–Kier alpha value is -2.69. The fourth-order valence-electron chi connectivity index (χ4n) is 2.53. The van der Waals surface area contributed by atoms with Gasteiger partial charge in [0.05, 0.1) is 12.2 Å². The number of rotatable bonds is 10. The minimum Gasteiger partial charge on any atom is -0.462 e. The molecule has 0 aliphatic rings. The first-order chi connectivity index (χ1) is 12.7. The number of amides is 1. The molecule has 26 heavy (non-hydrogen) atoms. The van der Waals surface area contributed by atoms with Crippen molar-refractivity contribution in [2.24, 2.45) is 0 Å². The topological polar surface area (TPSA) is 68.3 Å². The monoisotopic (exact) mass is 354 g/mol. The molecule has 0 bridgehead atoms. The van der Waals surface area contributed by atoms with Crippen molar-refractivity contribution in [1.29, 1.82) is 0 Å². The number of nitrogens with zero attached hydrogens (tertiary/aromatic N) is 1. The van der Waals surface area contributed by atoms with E-state index in [2.05, 4.69) is 17.2 Å². The van der Waals surface area contributed by atoms with Gasteiger partial charge in [-0.2, -0.15) is 0 Å². The predicted molar refractivity (Wildman–Crippen MR) is 102 cm³/mol. The van der Waals surface area contributed by atoms with Gasteiger partial charge in [-0.25, -0.2) is 4.79 Å². The zero-order chi connectivity index (χ0) is 18.6. The fraction of sp³-hybridized carbons (Fsp3) is 0.381. The molecule has 0 atom stereocenters. The molecule has 0 unspecified atom stereocenters. The van der Waals surface area contributed by atoms with Gasteiger partial charge in [-0.05, 0) is 42.8 Å². The normalized spacial score (nSPS) is 10.3. The maximum Gasteiger partial charge on any atom is 0.338 e. The molecule has 2 rings (SSSR count). The van der Waals surface area contributed by atoms with E-state index in [1.165, 1.54) is 25.7 Å². The number of unbranched alkanes of at least 4 members (excludes halogenated alkanes) is 5. The molecular formula is C21H26N2O3. The summed E-state index contributed by atoms with van der Waals surface area (Å²) in [6, 6.07) is 9.99. The Labute approximate surface area is 154 Å². The van der Waals surface area contributed by atoms with Crippen LogP contribution >= 0.6 is 0 Å². The van der Waals surface area contributed by atoms with Crippen LogP contribution in [-0.2, 0) is 4.74 Å². The second-order valence-electron chi connectivity index (χ2n) is 6.17. The first-order valence-electron chi connectivity index (χ1n) is 9.19. The molecule has 1 amide bonds. The number of anilines is 1. The van der Waals surface area contributed by atoms with Crippen LogP contribution in [0.25, 0.3) is 0 Å². The van der Waals surface area contributed by atoms with Crippen molar-refractivity contribution in [3.8, 4) is 0 Å². The molecule has 0 radical (unpaired) electrons. The van der Waals surface area contributed by atoms with Crippen LogP contribution in [0.5, 0.6) is 0 Å². The predicted octanol–water partition coefficient (Wildman–Crippen LogP) is 4.85. The number of nitrogens with one attached hydrogen (secondary N) is 1. The molecule has 5 heteroatoms. The van der Waals surface area contributed by atoms with Gasteiger partial charge in [0.2, 0.25) is 0 Å². The summed E-state index contributed by atoms with van der Waals surface area (Å²) in [5, 5.41) is 2.78. The number of pyridine rings is 1. The highest BCUT2D eigenvalue weighted by Gasteiger charge is 2.09. The minimum absolute atomic E-state index is 0.217. The van der Waals surface area contributed by atoms with E-state index >= 15 is 0 Å². The third-order valence-corrected chi connectivity index (χ3v) is 4.05. The van der Waals surface area contributed by atoms with Crippen LogP contribution in [-0.4, -0.2) is 23.5 Å². The van der Waals surface area contributed by atoms with E-state index in [4.69, 9.17) is 4.74 Å². The van der Waals surface area contributed by atoms with Crippen molar-refractivity contribution in [2.75, 3.05) is 11.9 Å². The number of esters is 1. The molecule has 0 saturated heterocycles. The molecule has 5 nitrogen and oxygen atoms in total. The average molecular weight is 354 g/mol. The smallest absolute Gasteiger partial charge is 0.338 e. The fourth-order valence-corrected chi connectivity index (χ4v) is 2.53. The van der Waals surface area contributed by atoms with Gasteiger partial charge < -0.3 is 10.1 Å². The number of aromatic nitrogens is 1. The molecule has 138 valence electrons. The van der Waals surface area contributed by atoms with Crippen molar-refractivity contribution in [1.82, 2.24) is 4.98 Å². The Bertz CT molecular complexity index is 684.